The molecule has 17 heavy (non-hydrogen) atoms. The summed E-state index contributed by atoms with van der Waals surface area (Å²) in [6, 6.07) is 8.10. The average Bonchev–Trinajstić information content (AvgIpc) is 2.59. The van der Waals surface area contributed by atoms with Gasteiger partial charge >= 0.3 is 0 Å². The fraction of sp³-hybridized carbons (Fsp3) is 0.500. The highest BCUT2D eigenvalue weighted by Gasteiger charge is 2.32. The van der Waals surface area contributed by atoms with E-state index in [1.165, 1.54) is 5.56 Å². The highest BCUT2D eigenvalue weighted by molar-refractivity contribution is 5.50. The minimum absolute atomic E-state index is 0.144. The van der Waals surface area contributed by atoms with Crippen LogP contribution >= 0.6 is 0 Å². The van der Waals surface area contributed by atoms with Gasteiger partial charge in [0.2, 0.25) is 0 Å². The van der Waals surface area contributed by atoms with Crippen LogP contribution in [0.3, 0.4) is 0 Å². The topological polar surface area (TPSA) is 42.2 Å². The minimum atomic E-state index is -0.144. The van der Waals surface area contributed by atoms with Crippen LogP contribution in [0.4, 0.5) is 0 Å². The first-order valence-corrected chi connectivity index (χ1v) is 5.93. The Balaban J connectivity index is 2.06. The molecular weight excluding hydrogens is 214 g/mol. The van der Waals surface area contributed by atoms with Crippen molar-refractivity contribution >= 4 is 0 Å². The van der Waals surface area contributed by atoms with Gasteiger partial charge in [-0.1, -0.05) is 12.1 Å². The summed E-state index contributed by atoms with van der Waals surface area (Å²) in [4.78, 5) is 0. The Morgan fingerprint density at radius 3 is 3.06 bits per heavy atom. The molecule has 0 spiro atoms. The number of hydrogen-bond acceptors (Lipinski definition) is 3. The van der Waals surface area contributed by atoms with Crippen molar-refractivity contribution in [3.05, 3.63) is 23.8 Å². The lowest BCUT2D eigenvalue weighted by molar-refractivity contribution is 0.132. The summed E-state index contributed by atoms with van der Waals surface area (Å²) in [7, 11) is 0. The van der Waals surface area contributed by atoms with Crippen LogP contribution in [0.2, 0.25) is 0 Å². The van der Waals surface area contributed by atoms with Gasteiger partial charge in [-0.3, -0.25) is 0 Å². The summed E-state index contributed by atoms with van der Waals surface area (Å²) in [6.45, 7) is 4.72. The van der Waals surface area contributed by atoms with Crippen molar-refractivity contribution in [2.75, 3.05) is 6.61 Å². The van der Waals surface area contributed by atoms with Gasteiger partial charge < -0.3 is 9.47 Å². The number of benzene rings is 1. The second-order valence-corrected chi connectivity index (χ2v) is 4.89. The van der Waals surface area contributed by atoms with Crippen LogP contribution in [0, 0.1) is 11.3 Å². The molecule has 0 aliphatic carbocycles. The quantitative estimate of drug-likeness (QED) is 0.748. The van der Waals surface area contributed by atoms with Crippen LogP contribution in [-0.2, 0) is 6.42 Å². The molecule has 0 aromatic heterocycles. The lowest BCUT2D eigenvalue weighted by Crippen LogP contribution is -2.24. The second kappa shape index (κ2) is 4.67. The first-order chi connectivity index (χ1) is 8.12. The summed E-state index contributed by atoms with van der Waals surface area (Å²) < 4.78 is 11.6. The number of unbranched alkanes of at least 4 members (excludes halogenated alkanes) is 1. The van der Waals surface area contributed by atoms with E-state index in [-0.39, 0.29) is 5.60 Å². The van der Waals surface area contributed by atoms with Crippen molar-refractivity contribution in [3.8, 4) is 17.6 Å². The molecule has 0 atom stereocenters. The monoisotopic (exact) mass is 231 g/mol. The first-order valence-electron chi connectivity index (χ1n) is 5.93. The molecule has 2 rings (SSSR count). The van der Waals surface area contributed by atoms with Gasteiger partial charge in [0, 0.05) is 18.4 Å². The molecule has 1 aliphatic heterocycles. The van der Waals surface area contributed by atoms with E-state index >= 15 is 0 Å². The summed E-state index contributed by atoms with van der Waals surface area (Å²) in [5.74, 6) is 1.67. The molecule has 0 unspecified atom stereocenters. The maximum absolute atomic E-state index is 8.46. The van der Waals surface area contributed by atoms with Gasteiger partial charge in [-0.2, -0.15) is 5.26 Å². The van der Waals surface area contributed by atoms with Crippen LogP contribution in [-0.4, -0.2) is 12.2 Å². The maximum Gasteiger partial charge on any atom is 0.165 e. The van der Waals surface area contributed by atoms with E-state index in [0.717, 1.165) is 24.3 Å². The number of para-hydroxylation sites is 1. The fourth-order valence-electron chi connectivity index (χ4n) is 2.03. The molecule has 0 N–H and O–H groups in total. The largest absolute Gasteiger partial charge is 0.490 e. The normalized spacial score (nSPS) is 15.8. The van der Waals surface area contributed by atoms with E-state index in [2.05, 4.69) is 26.0 Å². The molecular formula is C14H17NO2. The van der Waals surface area contributed by atoms with Crippen LogP contribution in [0.5, 0.6) is 11.5 Å². The van der Waals surface area contributed by atoms with Crippen LogP contribution < -0.4 is 9.47 Å². The van der Waals surface area contributed by atoms with Crippen molar-refractivity contribution in [2.45, 2.75) is 38.7 Å². The van der Waals surface area contributed by atoms with E-state index in [1.807, 2.05) is 12.1 Å². The molecule has 0 amide bonds. The molecule has 0 radical (unpaired) electrons. The van der Waals surface area contributed by atoms with Gasteiger partial charge in [0.05, 0.1) is 12.7 Å². The third-order valence-corrected chi connectivity index (χ3v) is 2.75. The summed E-state index contributed by atoms with van der Waals surface area (Å²) in [5, 5.41) is 8.46. The molecule has 3 heteroatoms. The van der Waals surface area contributed by atoms with E-state index in [1.54, 1.807) is 0 Å². The first kappa shape index (κ1) is 11.8. The average molecular weight is 231 g/mol. The third kappa shape index (κ3) is 2.71. The molecule has 1 aromatic carbocycles. The van der Waals surface area contributed by atoms with Gasteiger partial charge in [-0.25, -0.2) is 0 Å². The predicted octanol–water partition coefficient (Wildman–Crippen LogP) is 3.08. The van der Waals surface area contributed by atoms with Gasteiger partial charge in [0.25, 0.3) is 0 Å². The zero-order chi connectivity index (χ0) is 12.3. The van der Waals surface area contributed by atoms with Gasteiger partial charge in [0.15, 0.2) is 11.5 Å². The van der Waals surface area contributed by atoms with Crippen LogP contribution in [0.1, 0.15) is 32.3 Å². The maximum atomic E-state index is 8.46. The van der Waals surface area contributed by atoms with Crippen molar-refractivity contribution in [3.63, 3.8) is 0 Å². The molecule has 1 aromatic rings. The number of nitriles is 1. The Labute approximate surface area is 102 Å². The summed E-state index contributed by atoms with van der Waals surface area (Å²) in [5.41, 5.74) is 1.06. The van der Waals surface area contributed by atoms with Crippen molar-refractivity contribution in [1.29, 1.82) is 5.26 Å². The third-order valence-electron chi connectivity index (χ3n) is 2.75. The number of ether oxygens (including phenoxy) is 2. The van der Waals surface area contributed by atoms with Crippen molar-refractivity contribution < 1.29 is 9.47 Å². The molecule has 90 valence electrons. The smallest absolute Gasteiger partial charge is 0.165 e. The van der Waals surface area contributed by atoms with Crippen LogP contribution in [0.25, 0.3) is 0 Å². The van der Waals surface area contributed by atoms with E-state index in [0.29, 0.717) is 13.0 Å². The van der Waals surface area contributed by atoms with E-state index in [9.17, 15) is 0 Å². The number of fused-ring (bicyclic) bond motifs is 1. The molecule has 1 aliphatic rings. The highest BCUT2D eigenvalue weighted by Crippen LogP contribution is 2.41. The van der Waals surface area contributed by atoms with Crippen LogP contribution in [0.15, 0.2) is 18.2 Å². The Kier molecular flexibility index (Phi) is 3.23. The zero-order valence-electron chi connectivity index (χ0n) is 10.3. The zero-order valence-corrected chi connectivity index (χ0v) is 10.3. The molecule has 1 heterocycles. The van der Waals surface area contributed by atoms with Crippen molar-refractivity contribution in [2.24, 2.45) is 0 Å². The standard InChI is InChI=1S/C14H17NO2/c1-14(2)10-11-6-5-7-12(13(11)17-14)16-9-4-3-8-15/h5-7H,3-4,9-10H2,1-2H3. The number of hydrogen-bond donors (Lipinski definition) is 0. The minimum Gasteiger partial charge on any atom is -0.490 e. The summed E-state index contributed by atoms with van der Waals surface area (Å²) >= 11 is 0. The van der Waals surface area contributed by atoms with Crippen molar-refractivity contribution in [1.82, 2.24) is 0 Å². The Morgan fingerprint density at radius 1 is 1.47 bits per heavy atom. The SMILES string of the molecule is CC1(C)Cc2cccc(OCCCC#N)c2O1. The Morgan fingerprint density at radius 2 is 2.29 bits per heavy atom. The highest BCUT2D eigenvalue weighted by atomic mass is 16.5. The molecule has 0 bridgehead atoms. The molecule has 0 fully saturated rings. The van der Waals surface area contributed by atoms with Gasteiger partial charge in [0.1, 0.15) is 5.60 Å². The fourth-order valence-corrected chi connectivity index (χ4v) is 2.03. The lowest BCUT2D eigenvalue weighted by Gasteiger charge is -2.18. The summed E-state index contributed by atoms with van der Waals surface area (Å²) in [6.07, 6.45) is 2.20. The molecule has 0 saturated carbocycles. The molecule has 0 saturated heterocycles. The number of nitrogens with zero attached hydrogens (tertiary/aromatic N) is 1. The lowest BCUT2D eigenvalue weighted by atomic mass is 10.0. The van der Waals surface area contributed by atoms with Gasteiger partial charge in [-0.15, -0.1) is 0 Å². The van der Waals surface area contributed by atoms with E-state index in [4.69, 9.17) is 14.7 Å². The predicted molar refractivity (Wildman–Crippen MR) is 65.2 cm³/mol. The Bertz CT molecular complexity index is 446. The molecule has 3 nitrogen and oxygen atoms in total. The van der Waals surface area contributed by atoms with Gasteiger partial charge in [-0.05, 0) is 26.3 Å². The van der Waals surface area contributed by atoms with E-state index < -0.39 is 0 Å². The second-order valence-electron chi connectivity index (χ2n) is 4.89. The number of rotatable bonds is 4. The Hall–Kier alpha value is -1.69.